The number of ketones is 1. The third kappa shape index (κ3) is 3.62. The highest BCUT2D eigenvalue weighted by Crippen LogP contribution is 2.29. The number of Topliss-reactive ketones (excluding diaryl/α,β-unsaturated/α-hetero) is 1. The number of carbonyl (C=O) groups is 1. The van der Waals surface area contributed by atoms with Crippen molar-refractivity contribution in [2.24, 2.45) is 5.73 Å². The van der Waals surface area contributed by atoms with Gasteiger partial charge in [0.05, 0.1) is 0 Å². The lowest BCUT2D eigenvalue weighted by atomic mass is 9.78. The van der Waals surface area contributed by atoms with E-state index >= 15 is 0 Å². The molecule has 0 aromatic carbocycles. The molecule has 0 aromatic rings. The van der Waals surface area contributed by atoms with Crippen molar-refractivity contribution >= 4 is 5.78 Å². The lowest BCUT2D eigenvalue weighted by Crippen LogP contribution is -2.43. The molecule has 0 radical (unpaired) electrons. The molecule has 0 saturated heterocycles. The van der Waals surface area contributed by atoms with Crippen molar-refractivity contribution in [3.8, 4) is 0 Å². The standard InChI is InChI=1S/C12H21NO/c1-10(2)8-11(14)9-12(13)6-4-3-5-7-12/h1,3-9,13H2,2H3. The van der Waals surface area contributed by atoms with E-state index in [0.29, 0.717) is 12.8 Å². The predicted octanol–water partition coefficient (Wildman–Crippen LogP) is 2.57. The van der Waals surface area contributed by atoms with Gasteiger partial charge in [-0.15, -0.1) is 0 Å². The second-order valence-corrected chi connectivity index (χ2v) is 4.77. The van der Waals surface area contributed by atoms with Gasteiger partial charge in [-0.2, -0.15) is 0 Å². The minimum Gasteiger partial charge on any atom is -0.325 e. The molecule has 0 aromatic heterocycles. The summed E-state index contributed by atoms with van der Waals surface area (Å²) in [5, 5.41) is 0. The molecule has 0 unspecified atom stereocenters. The summed E-state index contributed by atoms with van der Waals surface area (Å²) in [7, 11) is 0. The monoisotopic (exact) mass is 195 g/mol. The largest absolute Gasteiger partial charge is 0.325 e. The van der Waals surface area contributed by atoms with E-state index in [1.54, 1.807) is 0 Å². The van der Waals surface area contributed by atoms with Crippen molar-refractivity contribution < 1.29 is 4.79 Å². The molecule has 0 aliphatic heterocycles. The zero-order valence-electron chi connectivity index (χ0n) is 9.14. The van der Waals surface area contributed by atoms with Crippen LogP contribution in [0.5, 0.6) is 0 Å². The summed E-state index contributed by atoms with van der Waals surface area (Å²) in [6, 6.07) is 0. The SMILES string of the molecule is C=C(C)CC(=O)CC1(N)CCCCC1. The smallest absolute Gasteiger partial charge is 0.138 e. The minimum atomic E-state index is -0.204. The zero-order chi connectivity index (χ0) is 10.6. The Labute approximate surface area is 86.6 Å². The fourth-order valence-corrected chi connectivity index (χ4v) is 2.22. The van der Waals surface area contributed by atoms with Crippen LogP contribution in [0.1, 0.15) is 51.9 Å². The third-order valence-electron chi connectivity index (χ3n) is 2.90. The lowest BCUT2D eigenvalue weighted by Gasteiger charge is -2.32. The van der Waals surface area contributed by atoms with E-state index in [0.717, 1.165) is 18.4 Å². The van der Waals surface area contributed by atoms with Crippen LogP contribution in [-0.4, -0.2) is 11.3 Å². The number of hydrogen-bond acceptors (Lipinski definition) is 2. The fourth-order valence-electron chi connectivity index (χ4n) is 2.22. The van der Waals surface area contributed by atoms with Gasteiger partial charge in [-0.25, -0.2) is 0 Å². The molecule has 14 heavy (non-hydrogen) atoms. The summed E-state index contributed by atoms with van der Waals surface area (Å²) >= 11 is 0. The van der Waals surface area contributed by atoms with Crippen molar-refractivity contribution in [2.45, 2.75) is 57.4 Å². The molecule has 0 bridgehead atoms. The Bertz CT molecular complexity index is 226. The van der Waals surface area contributed by atoms with Crippen LogP contribution in [0.2, 0.25) is 0 Å². The highest BCUT2D eigenvalue weighted by Gasteiger charge is 2.29. The van der Waals surface area contributed by atoms with E-state index in [4.69, 9.17) is 5.73 Å². The molecule has 1 saturated carbocycles. The number of carbonyl (C=O) groups excluding carboxylic acids is 1. The van der Waals surface area contributed by atoms with Gasteiger partial charge in [0, 0.05) is 18.4 Å². The molecule has 1 aliphatic carbocycles. The molecular weight excluding hydrogens is 174 g/mol. The molecule has 1 rings (SSSR count). The van der Waals surface area contributed by atoms with Crippen LogP contribution < -0.4 is 5.73 Å². The third-order valence-corrected chi connectivity index (χ3v) is 2.90. The number of allylic oxidation sites excluding steroid dienone is 1. The average Bonchev–Trinajstić information content (AvgIpc) is 2.02. The van der Waals surface area contributed by atoms with Crippen molar-refractivity contribution in [1.82, 2.24) is 0 Å². The second-order valence-electron chi connectivity index (χ2n) is 4.77. The van der Waals surface area contributed by atoms with Gasteiger partial charge in [0.2, 0.25) is 0 Å². The van der Waals surface area contributed by atoms with E-state index in [1.807, 2.05) is 6.92 Å². The molecule has 1 fully saturated rings. The Balaban J connectivity index is 2.41. The van der Waals surface area contributed by atoms with Crippen LogP contribution in [0.4, 0.5) is 0 Å². The molecular formula is C12H21NO. The molecule has 2 N–H and O–H groups in total. The average molecular weight is 195 g/mol. The molecule has 0 amide bonds. The molecule has 2 nitrogen and oxygen atoms in total. The highest BCUT2D eigenvalue weighted by atomic mass is 16.1. The summed E-state index contributed by atoms with van der Waals surface area (Å²) in [4.78, 5) is 11.6. The van der Waals surface area contributed by atoms with E-state index in [-0.39, 0.29) is 11.3 Å². The second kappa shape index (κ2) is 4.74. The van der Waals surface area contributed by atoms with Gasteiger partial charge >= 0.3 is 0 Å². The quantitative estimate of drug-likeness (QED) is 0.701. The first-order valence-electron chi connectivity index (χ1n) is 5.47. The van der Waals surface area contributed by atoms with Crippen molar-refractivity contribution in [2.75, 3.05) is 0 Å². The van der Waals surface area contributed by atoms with E-state index < -0.39 is 0 Å². The maximum atomic E-state index is 11.6. The predicted molar refractivity (Wildman–Crippen MR) is 59.1 cm³/mol. The van der Waals surface area contributed by atoms with Crippen LogP contribution in [0, 0.1) is 0 Å². The van der Waals surface area contributed by atoms with Gasteiger partial charge in [0.15, 0.2) is 0 Å². The zero-order valence-corrected chi connectivity index (χ0v) is 9.14. The summed E-state index contributed by atoms with van der Waals surface area (Å²) in [6.07, 6.45) is 6.68. The lowest BCUT2D eigenvalue weighted by molar-refractivity contribution is -0.119. The van der Waals surface area contributed by atoms with Gasteiger partial charge in [-0.05, 0) is 19.8 Å². The Morgan fingerprint density at radius 2 is 1.93 bits per heavy atom. The van der Waals surface area contributed by atoms with E-state index in [9.17, 15) is 4.79 Å². The topological polar surface area (TPSA) is 43.1 Å². The first-order valence-corrected chi connectivity index (χ1v) is 5.47. The first-order chi connectivity index (χ1) is 6.52. The number of hydrogen-bond donors (Lipinski definition) is 1. The molecule has 1 aliphatic rings. The molecule has 2 heteroatoms. The van der Waals surface area contributed by atoms with E-state index in [1.165, 1.54) is 19.3 Å². The number of nitrogens with two attached hydrogens (primary N) is 1. The van der Waals surface area contributed by atoms with Crippen LogP contribution in [0.3, 0.4) is 0 Å². The molecule has 0 spiro atoms. The van der Waals surface area contributed by atoms with Gasteiger partial charge < -0.3 is 5.73 Å². The first kappa shape index (κ1) is 11.4. The van der Waals surface area contributed by atoms with Gasteiger partial charge in [0.25, 0.3) is 0 Å². The van der Waals surface area contributed by atoms with Crippen molar-refractivity contribution in [1.29, 1.82) is 0 Å². The summed E-state index contributed by atoms with van der Waals surface area (Å²) in [6.45, 7) is 5.64. The number of rotatable bonds is 4. The maximum absolute atomic E-state index is 11.6. The summed E-state index contributed by atoms with van der Waals surface area (Å²) in [5.74, 6) is 0.252. The summed E-state index contributed by atoms with van der Waals surface area (Å²) < 4.78 is 0. The molecule has 0 heterocycles. The Morgan fingerprint density at radius 1 is 1.36 bits per heavy atom. The molecule has 0 atom stereocenters. The Kier molecular flexibility index (Phi) is 3.87. The van der Waals surface area contributed by atoms with Crippen LogP contribution in [0.15, 0.2) is 12.2 Å². The normalized spacial score (nSPS) is 20.4. The fraction of sp³-hybridized carbons (Fsp3) is 0.750. The molecule has 80 valence electrons. The van der Waals surface area contributed by atoms with E-state index in [2.05, 4.69) is 6.58 Å². The summed E-state index contributed by atoms with van der Waals surface area (Å²) in [5.41, 5.74) is 6.92. The van der Waals surface area contributed by atoms with Gasteiger partial charge in [-0.3, -0.25) is 4.79 Å². The maximum Gasteiger partial charge on any atom is 0.138 e. The van der Waals surface area contributed by atoms with Crippen LogP contribution >= 0.6 is 0 Å². The van der Waals surface area contributed by atoms with Crippen molar-refractivity contribution in [3.63, 3.8) is 0 Å². The Hall–Kier alpha value is -0.630. The van der Waals surface area contributed by atoms with Crippen LogP contribution in [-0.2, 0) is 4.79 Å². The highest BCUT2D eigenvalue weighted by molar-refractivity contribution is 5.81. The Morgan fingerprint density at radius 3 is 2.43 bits per heavy atom. The van der Waals surface area contributed by atoms with Crippen molar-refractivity contribution in [3.05, 3.63) is 12.2 Å². The van der Waals surface area contributed by atoms with Crippen LogP contribution in [0.25, 0.3) is 0 Å². The van der Waals surface area contributed by atoms with Gasteiger partial charge in [0.1, 0.15) is 5.78 Å². The van der Waals surface area contributed by atoms with Gasteiger partial charge in [-0.1, -0.05) is 31.4 Å². The minimum absolute atomic E-state index is 0.204.